The van der Waals surface area contributed by atoms with E-state index in [1.807, 2.05) is 6.92 Å². The van der Waals surface area contributed by atoms with E-state index in [0.29, 0.717) is 18.7 Å². The van der Waals surface area contributed by atoms with E-state index in [-0.39, 0.29) is 0 Å². The maximum Gasteiger partial charge on any atom is 0.317 e. The van der Waals surface area contributed by atoms with Gasteiger partial charge in [0, 0.05) is 11.9 Å². The quantitative estimate of drug-likeness (QED) is 0.765. The van der Waals surface area contributed by atoms with Gasteiger partial charge in [0.1, 0.15) is 11.2 Å². The van der Waals surface area contributed by atoms with Crippen molar-refractivity contribution in [1.29, 1.82) is 0 Å². The van der Waals surface area contributed by atoms with Gasteiger partial charge in [-0.15, -0.1) is 0 Å². The molecule has 0 radical (unpaired) electrons. The van der Waals surface area contributed by atoms with Crippen LogP contribution in [0, 0.1) is 0 Å². The van der Waals surface area contributed by atoms with Gasteiger partial charge in [-0.25, -0.2) is 4.98 Å². The molecular weight excluding hydrogens is 180 g/mol. The standard InChI is InChI=1S/C10H14N2O2/c1-2-7-6-11-8(12-7)10(9(13)14)4-3-5-10/h6H,2-5H2,1H3,(H,11,12)(H,13,14). The summed E-state index contributed by atoms with van der Waals surface area (Å²) in [6.07, 6.45) is 4.99. The summed E-state index contributed by atoms with van der Waals surface area (Å²) in [6, 6.07) is 0. The van der Waals surface area contributed by atoms with Crippen molar-refractivity contribution in [2.24, 2.45) is 0 Å². The van der Waals surface area contributed by atoms with Gasteiger partial charge in [-0.2, -0.15) is 0 Å². The number of aromatic amines is 1. The Hall–Kier alpha value is -1.32. The Morgan fingerprint density at radius 3 is 2.79 bits per heavy atom. The predicted molar refractivity (Wildman–Crippen MR) is 51.1 cm³/mol. The van der Waals surface area contributed by atoms with Crippen LogP contribution in [-0.2, 0) is 16.6 Å². The normalized spacial score (nSPS) is 18.9. The molecule has 1 saturated carbocycles. The van der Waals surface area contributed by atoms with Crippen LogP contribution < -0.4 is 0 Å². The average Bonchev–Trinajstić information content (AvgIpc) is 2.50. The number of carboxylic acid groups (broad SMARTS) is 1. The molecule has 1 aliphatic carbocycles. The van der Waals surface area contributed by atoms with E-state index in [0.717, 1.165) is 18.5 Å². The van der Waals surface area contributed by atoms with Crippen LogP contribution in [0.1, 0.15) is 37.7 Å². The SMILES string of the molecule is CCc1cnc(C2(C(=O)O)CCC2)[nH]1. The first kappa shape index (κ1) is 9.24. The van der Waals surface area contributed by atoms with Gasteiger partial charge >= 0.3 is 5.97 Å². The number of carbonyl (C=O) groups is 1. The van der Waals surface area contributed by atoms with E-state index in [1.165, 1.54) is 0 Å². The van der Waals surface area contributed by atoms with Gasteiger partial charge in [-0.05, 0) is 19.3 Å². The molecule has 0 saturated heterocycles. The summed E-state index contributed by atoms with van der Waals surface area (Å²) in [5.74, 6) is -0.117. The highest BCUT2D eigenvalue weighted by molar-refractivity contribution is 5.81. The smallest absolute Gasteiger partial charge is 0.317 e. The van der Waals surface area contributed by atoms with Crippen molar-refractivity contribution in [3.05, 3.63) is 17.7 Å². The highest BCUT2D eigenvalue weighted by atomic mass is 16.4. The highest BCUT2D eigenvalue weighted by Crippen LogP contribution is 2.42. The van der Waals surface area contributed by atoms with Crippen molar-refractivity contribution in [3.63, 3.8) is 0 Å². The molecule has 1 aliphatic rings. The van der Waals surface area contributed by atoms with Crippen LogP contribution in [0.15, 0.2) is 6.20 Å². The first-order valence-electron chi connectivity index (χ1n) is 4.97. The molecule has 0 amide bonds. The summed E-state index contributed by atoms with van der Waals surface area (Å²) in [4.78, 5) is 18.4. The van der Waals surface area contributed by atoms with Crippen molar-refractivity contribution in [2.45, 2.75) is 38.0 Å². The maximum atomic E-state index is 11.1. The Kier molecular flexibility index (Phi) is 2.06. The molecule has 4 nitrogen and oxygen atoms in total. The van der Waals surface area contributed by atoms with Gasteiger partial charge in [-0.1, -0.05) is 13.3 Å². The molecule has 0 aliphatic heterocycles. The second-order valence-corrected chi connectivity index (χ2v) is 3.85. The first-order valence-corrected chi connectivity index (χ1v) is 4.97. The van der Waals surface area contributed by atoms with Gasteiger partial charge < -0.3 is 10.1 Å². The third-order valence-corrected chi connectivity index (χ3v) is 3.08. The van der Waals surface area contributed by atoms with Gasteiger partial charge in [0.25, 0.3) is 0 Å². The molecule has 0 spiro atoms. The zero-order valence-electron chi connectivity index (χ0n) is 8.21. The fourth-order valence-corrected chi connectivity index (χ4v) is 1.86. The number of imidazole rings is 1. The molecule has 76 valence electrons. The van der Waals surface area contributed by atoms with Crippen LogP contribution in [0.2, 0.25) is 0 Å². The molecule has 14 heavy (non-hydrogen) atoms. The van der Waals surface area contributed by atoms with Crippen molar-refractivity contribution in [3.8, 4) is 0 Å². The molecule has 1 aromatic heterocycles. The van der Waals surface area contributed by atoms with E-state index < -0.39 is 11.4 Å². The Labute approximate surface area is 82.4 Å². The number of aliphatic carboxylic acids is 1. The number of carboxylic acids is 1. The lowest BCUT2D eigenvalue weighted by molar-refractivity contribution is -0.147. The number of hydrogen-bond acceptors (Lipinski definition) is 2. The maximum absolute atomic E-state index is 11.1. The predicted octanol–water partition coefficient (Wildman–Crippen LogP) is 1.48. The molecule has 0 aromatic carbocycles. The molecular formula is C10H14N2O2. The second-order valence-electron chi connectivity index (χ2n) is 3.85. The summed E-state index contributed by atoms with van der Waals surface area (Å²) < 4.78 is 0. The van der Waals surface area contributed by atoms with E-state index in [1.54, 1.807) is 6.20 Å². The highest BCUT2D eigenvalue weighted by Gasteiger charge is 2.48. The number of aromatic nitrogens is 2. The fraction of sp³-hybridized carbons (Fsp3) is 0.600. The minimum Gasteiger partial charge on any atom is -0.480 e. The summed E-state index contributed by atoms with van der Waals surface area (Å²) in [7, 11) is 0. The van der Waals surface area contributed by atoms with Crippen LogP contribution in [0.4, 0.5) is 0 Å². The minimum atomic E-state index is -0.749. The summed E-state index contributed by atoms with van der Waals surface area (Å²) in [5.41, 5.74) is 0.292. The zero-order chi connectivity index (χ0) is 10.2. The topological polar surface area (TPSA) is 66.0 Å². The van der Waals surface area contributed by atoms with Gasteiger partial charge in [-0.3, -0.25) is 4.79 Å². The molecule has 1 aromatic rings. The number of nitrogens with one attached hydrogen (secondary N) is 1. The Bertz CT molecular complexity index is 353. The fourth-order valence-electron chi connectivity index (χ4n) is 1.86. The lowest BCUT2D eigenvalue weighted by atomic mass is 9.68. The van der Waals surface area contributed by atoms with Gasteiger partial charge in [0.15, 0.2) is 0 Å². The zero-order valence-corrected chi connectivity index (χ0v) is 8.21. The number of rotatable bonds is 3. The third kappa shape index (κ3) is 1.14. The van der Waals surface area contributed by atoms with Gasteiger partial charge in [0.2, 0.25) is 0 Å². The summed E-state index contributed by atoms with van der Waals surface area (Å²) in [5, 5.41) is 9.16. The molecule has 0 unspecified atom stereocenters. The Balaban J connectivity index is 2.32. The monoisotopic (exact) mass is 194 g/mol. The number of aryl methyl sites for hydroxylation is 1. The van der Waals surface area contributed by atoms with E-state index in [9.17, 15) is 4.79 Å². The number of H-pyrrole nitrogens is 1. The number of nitrogens with zero attached hydrogens (tertiary/aromatic N) is 1. The van der Waals surface area contributed by atoms with Crippen LogP contribution in [-0.4, -0.2) is 21.0 Å². The summed E-state index contributed by atoms with van der Waals surface area (Å²) >= 11 is 0. The molecule has 2 N–H and O–H groups in total. The second kappa shape index (κ2) is 3.12. The molecule has 2 rings (SSSR count). The van der Waals surface area contributed by atoms with Crippen molar-refractivity contribution in [2.75, 3.05) is 0 Å². The van der Waals surface area contributed by atoms with Crippen LogP contribution in [0.5, 0.6) is 0 Å². The average molecular weight is 194 g/mol. The number of hydrogen-bond donors (Lipinski definition) is 2. The van der Waals surface area contributed by atoms with Crippen LogP contribution >= 0.6 is 0 Å². The molecule has 1 fully saturated rings. The molecule has 4 heteroatoms. The lowest BCUT2D eigenvalue weighted by Crippen LogP contribution is -2.43. The van der Waals surface area contributed by atoms with E-state index in [2.05, 4.69) is 9.97 Å². The van der Waals surface area contributed by atoms with Gasteiger partial charge in [0.05, 0.1) is 0 Å². The Morgan fingerprint density at radius 2 is 2.43 bits per heavy atom. The molecule has 1 heterocycles. The molecule has 0 bridgehead atoms. The lowest BCUT2D eigenvalue weighted by Gasteiger charge is -2.35. The minimum absolute atomic E-state index is 0.633. The van der Waals surface area contributed by atoms with Crippen LogP contribution in [0.25, 0.3) is 0 Å². The van der Waals surface area contributed by atoms with Crippen molar-refractivity contribution < 1.29 is 9.90 Å². The summed E-state index contributed by atoms with van der Waals surface area (Å²) in [6.45, 7) is 2.02. The van der Waals surface area contributed by atoms with Crippen molar-refractivity contribution in [1.82, 2.24) is 9.97 Å². The Morgan fingerprint density at radius 1 is 1.71 bits per heavy atom. The van der Waals surface area contributed by atoms with E-state index >= 15 is 0 Å². The van der Waals surface area contributed by atoms with Crippen LogP contribution in [0.3, 0.4) is 0 Å². The first-order chi connectivity index (χ1) is 6.69. The largest absolute Gasteiger partial charge is 0.480 e. The molecule has 0 atom stereocenters. The van der Waals surface area contributed by atoms with E-state index in [4.69, 9.17) is 5.11 Å². The third-order valence-electron chi connectivity index (χ3n) is 3.08. The van der Waals surface area contributed by atoms with Crippen molar-refractivity contribution >= 4 is 5.97 Å².